The van der Waals surface area contributed by atoms with Gasteiger partial charge in [0.1, 0.15) is 6.61 Å². The lowest BCUT2D eigenvalue weighted by atomic mass is 10.1. The Kier molecular flexibility index (Phi) is 6.76. The molecule has 0 aliphatic heterocycles. The Balaban J connectivity index is 2.18. The first kappa shape index (κ1) is 19.9. The molecule has 0 heterocycles. The van der Waals surface area contributed by atoms with E-state index >= 15 is 0 Å². The van der Waals surface area contributed by atoms with Crippen LogP contribution in [0.1, 0.15) is 42.3 Å². The van der Waals surface area contributed by atoms with Gasteiger partial charge in [0.15, 0.2) is 0 Å². The summed E-state index contributed by atoms with van der Waals surface area (Å²) in [6.45, 7) is 5.12. The molecule has 0 aliphatic rings. The van der Waals surface area contributed by atoms with Crippen molar-refractivity contribution in [3.63, 3.8) is 0 Å². The van der Waals surface area contributed by atoms with Gasteiger partial charge in [0, 0.05) is 0 Å². The van der Waals surface area contributed by atoms with Gasteiger partial charge in [-0.25, -0.2) is 13.2 Å². The lowest BCUT2D eigenvalue weighted by Crippen LogP contribution is -2.24. The van der Waals surface area contributed by atoms with E-state index < -0.39 is 21.2 Å². The second-order valence-corrected chi connectivity index (χ2v) is 8.24. The molecule has 0 atom stereocenters. The van der Waals surface area contributed by atoms with Crippen LogP contribution in [-0.4, -0.2) is 19.6 Å². The van der Waals surface area contributed by atoms with Crippen LogP contribution < -0.4 is 4.72 Å². The summed E-state index contributed by atoms with van der Waals surface area (Å²) in [6, 6.07) is 14.2. The van der Waals surface area contributed by atoms with Crippen LogP contribution >= 0.6 is 0 Å². The highest BCUT2D eigenvalue weighted by Crippen LogP contribution is 2.25. The summed E-state index contributed by atoms with van der Waals surface area (Å²) < 4.78 is 27.0. The number of nitrogens with one attached hydrogen (secondary N) is 1. The predicted octanol–water partition coefficient (Wildman–Crippen LogP) is 3.69. The zero-order valence-corrected chi connectivity index (χ0v) is 15.9. The topological polar surface area (TPSA) is 81.7 Å². The molecule has 0 unspecified atom stereocenters. The van der Waals surface area contributed by atoms with E-state index in [4.69, 9.17) is 9.78 Å². The van der Waals surface area contributed by atoms with E-state index in [0.717, 1.165) is 5.56 Å². The minimum absolute atomic E-state index is 0.104. The molecule has 0 radical (unpaired) electrons. The highest BCUT2D eigenvalue weighted by Gasteiger charge is 2.23. The van der Waals surface area contributed by atoms with Gasteiger partial charge >= 0.3 is 5.97 Å². The van der Waals surface area contributed by atoms with Gasteiger partial charge < -0.3 is 0 Å². The lowest BCUT2D eigenvalue weighted by Gasteiger charge is -2.17. The molecule has 0 spiro atoms. The highest BCUT2D eigenvalue weighted by atomic mass is 32.2. The Bertz CT molecular complexity index is 847. The van der Waals surface area contributed by atoms with Gasteiger partial charge in [-0.2, -0.15) is 4.89 Å². The van der Waals surface area contributed by atoms with E-state index in [9.17, 15) is 13.2 Å². The molecule has 2 rings (SSSR count). The van der Waals surface area contributed by atoms with Crippen molar-refractivity contribution in [2.75, 3.05) is 4.72 Å². The van der Waals surface area contributed by atoms with E-state index in [1.165, 1.54) is 6.07 Å². The van der Waals surface area contributed by atoms with Crippen molar-refractivity contribution in [1.29, 1.82) is 0 Å². The minimum Gasteiger partial charge on any atom is -0.292 e. The van der Waals surface area contributed by atoms with E-state index in [-0.39, 0.29) is 17.9 Å². The van der Waals surface area contributed by atoms with Gasteiger partial charge in [0.05, 0.1) is 16.5 Å². The quantitative estimate of drug-likeness (QED) is 0.560. The molecule has 2 aromatic rings. The third kappa shape index (κ3) is 5.06. The molecule has 0 aliphatic carbocycles. The summed E-state index contributed by atoms with van der Waals surface area (Å²) in [7, 11) is -3.60. The van der Waals surface area contributed by atoms with E-state index in [2.05, 4.69) is 4.72 Å². The number of carbonyl (C=O) groups is 1. The van der Waals surface area contributed by atoms with Crippen LogP contribution in [0, 0.1) is 0 Å². The monoisotopic (exact) mass is 377 g/mol. The number of hydrogen-bond acceptors (Lipinski definition) is 5. The number of aryl methyl sites for hydroxylation is 1. The van der Waals surface area contributed by atoms with Crippen LogP contribution in [0.25, 0.3) is 0 Å². The number of hydrogen-bond donors (Lipinski definition) is 1. The Labute approximate surface area is 154 Å². The molecule has 1 N–H and O–H groups in total. The van der Waals surface area contributed by atoms with Crippen LogP contribution in [0.4, 0.5) is 5.69 Å². The molecule has 7 heteroatoms. The van der Waals surface area contributed by atoms with Crippen LogP contribution in [0.3, 0.4) is 0 Å². The molecule has 0 amide bonds. The van der Waals surface area contributed by atoms with Gasteiger partial charge in [0.2, 0.25) is 10.0 Å². The predicted molar refractivity (Wildman–Crippen MR) is 100 cm³/mol. The van der Waals surface area contributed by atoms with Crippen molar-refractivity contribution < 1.29 is 23.0 Å². The summed E-state index contributed by atoms with van der Waals surface area (Å²) in [5.41, 5.74) is 1.90. The fourth-order valence-electron chi connectivity index (χ4n) is 2.22. The van der Waals surface area contributed by atoms with Gasteiger partial charge in [0.25, 0.3) is 0 Å². The molecule has 2 aromatic carbocycles. The zero-order valence-electron chi connectivity index (χ0n) is 15.1. The van der Waals surface area contributed by atoms with Crippen molar-refractivity contribution in [2.24, 2.45) is 0 Å². The van der Waals surface area contributed by atoms with E-state index in [1.807, 2.05) is 37.3 Å². The molecule has 140 valence electrons. The molecule has 0 aromatic heterocycles. The van der Waals surface area contributed by atoms with Crippen molar-refractivity contribution >= 4 is 21.7 Å². The SMILES string of the molecule is CCc1cccc(C(=O)OOCc2ccccc2)c1NS(=O)(=O)C(C)C. The zero-order chi connectivity index (χ0) is 19.2. The second kappa shape index (κ2) is 8.82. The molecular weight excluding hydrogens is 354 g/mol. The van der Waals surface area contributed by atoms with E-state index in [0.29, 0.717) is 12.0 Å². The molecule has 6 nitrogen and oxygen atoms in total. The molecule has 0 saturated heterocycles. The van der Waals surface area contributed by atoms with Crippen molar-refractivity contribution in [2.45, 2.75) is 39.0 Å². The Morgan fingerprint density at radius 1 is 1.08 bits per heavy atom. The first-order valence-electron chi connectivity index (χ1n) is 8.36. The van der Waals surface area contributed by atoms with E-state index in [1.54, 1.807) is 26.0 Å². The average molecular weight is 377 g/mol. The van der Waals surface area contributed by atoms with Crippen molar-refractivity contribution in [3.05, 3.63) is 65.2 Å². The van der Waals surface area contributed by atoms with Crippen LogP contribution in [0.2, 0.25) is 0 Å². The van der Waals surface area contributed by atoms with Gasteiger partial charge in [-0.1, -0.05) is 49.4 Å². The number of rotatable bonds is 8. The minimum atomic E-state index is -3.60. The molecule has 0 saturated carbocycles. The molecule has 0 bridgehead atoms. The summed E-state index contributed by atoms with van der Waals surface area (Å²) in [4.78, 5) is 22.3. The summed E-state index contributed by atoms with van der Waals surface area (Å²) in [5.74, 6) is -0.752. The molecular formula is C19H23NO5S. The average Bonchev–Trinajstić information content (AvgIpc) is 2.62. The second-order valence-electron chi connectivity index (χ2n) is 6.01. The van der Waals surface area contributed by atoms with Gasteiger partial charge in [-0.3, -0.25) is 9.61 Å². The maximum atomic E-state index is 12.4. The van der Waals surface area contributed by atoms with Gasteiger partial charge in [-0.15, -0.1) is 0 Å². The molecule has 26 heavy (non-hydrogen) atoms. The summed E-state index contributed by atoms with van der Waals surface area (Å²) in [5, 5.41) is -0.634. The first-order chi connectivity index (χ1) is 12.3. The van der Waals surface area contributed by atoms with Crippen LogP contribution in [0.15, 0.2) is 48.5 Å². The lowest BCUT2D eigenvalue weighted by molar-refractivity contribution is -0.250. The third-order valence-corrected chi connectivity index (χ3v) is 5.55. The fraction of sp³-hybridized carbons (Fsp3) is 0.316. The fourth-order valence-corrected chi connectivity index (χ4v) is 2.98. The number of sulfonamides is 1. The van der Waals surface area contributed by atoms with Crippen molar-refractivity contribution in [3.8, 4) is 0 Å². The Hall–Kier alpha value is -2.38. The first-order valence-corrected chi connectivity index (χ1v) is 9.91. The van der Waals surface area contributed by atoms with Crippen LogP contribution in [0.5, 0.6) is 0 Å². The molecule has 0 fully saturated rings. The largest absolute Gasteiger partial charge is 0.375 e. The summed E-state index contributed by atoms with van der Waals surface area (Å²) >= 11 is 0. The number of para-hydroxylation sites is 1. The smallest absolute Gasteiger partial charge is 0.292 e. The summed E-state index contributed by atoms with van der Waals surface area (Å²) in [6.07, 6.45) is 0.557. The number of carbonyl (C=O) groups excluding carboxylic acids is 1. The third-order valence-electron chi connectivity index (χ3n) is 3.82. The maximum Gasteiger partial charge on any atom is 0.375 e. The number of benzene rings is 2. The Morgan fingerprint density at radius 2 is 1.77 bits per heavy atom. The standard InChI is InChI=1S/C19H23NO5S/c1-4-16-11-8-12-17(18(16)20-26(22,23)14(2)3)19(21)25-24-13-15-9-6-5-7-10-15/h5-12,14,20H,4,13H2,1-3H3. The normalized spacial score (nSPS) is 11.4. The van der Waals surface area contributed by atoms with Crippen LogP contribution in [-0.2, 0) is 32.8 Å². The Morgan fingerprint density at radius 3 is 2.38 bits per heavy atom. The highest BCUT2D eigenvalue weighted by molar-refractivity contribution is 7.93. The number of anilines is 1. The maximum absolute atomic E-state index is 12.4. The van der Waals surface area contributed by atoms with Gasteiger partial charge in [-0.05, 0) is 37.5 Å². The van der Waals surface area contributed by atoms with Crippen molar-refractivity contribution in [1.82, 2.24) is 0 Å².